The Morgan fingerprint density at radius 1 is 1.47 bits per heavy atom. The molecule has 172 valence electrons. The van der Waals surface area contributed by atoms with E-state index in [1.165, 1.54) is 21.6 Å². The minimum absolute atomic E-state index is 0.134. The molecule has 0 aromatic heterocycles. The SMILES string of the molecule is C=CCN(C(=O)C1N([C@H](C)CO)C(=O)[C@@H]2[C@@H](C(=O)O)[C@@H]3SC12CC3Br)c1ccccc1Cl. The number of carbonyl (C=O) groups excluding carboxylic acids is 2. The van der Waals surface area contributed by atoms with Crippen LogP contribution in [0.15, 0.2) is 36.9 Å². The first-order chi connectivity index (χ1) is 15.2. The van der Waals surface area contributed by atoms with Crippen molar-refractivity contribution < 1.29 is 24.6 Å². The summed E-state index contributed by atoms with van der Waals surface area (Å²) >= 11 is 11.4. The number of carboxylic acid groups (broad SMARTS) is 1. The molecule has 2 bridgehead atoms. The molecule has 7 atom stereocenters. The van der Waals surface area contributed by atoms with Gasteiger partial charge in [-0.05, 0) is 25.5 Å². The van der Waals surface area contributed by atoms with E-state index in [9.17, 15) is 24.6 Å². The summed E-state index contributed by atoms with van der Waals surface area (Å²) in [5.74, 6) is -3.50. The first-order valence-electron chi connectivity index (χ1n) is 10.3. The number of fused-ring (bicyclic) bond motifs is 1. The van der Waals surface area contributed by atoms with Crippen molar-refractivity contribution >= 4 is 62.8 Å². The molecule has 4 rings (SSSR count). The fraction of sp³-hybridized carbons (Fsp3) is 0.500. The van der Waals surface area contributed by atoms with E-state index >= 15 is 0 Å². The molecule has 10 heteroatoms. The number of nitrogens with zero attached hydrogens (tertiary/aromatic N) is 2. The van der Waals surface area contributed by atoms with Gasteiger partial charge >= 0.3 is 5.97 Å². The zero-order chi connectivity index (χ0) is 23.4. The quantitative estimate of drug-likeness (QED) is 0.405. The Labute approximate surface area is 203 Å². The summed E-state index contributed by atoms with van der Waals surface area (Å²) in [7, 11) is 0. The van der Waals surface area contributed by atoms with Crippen LogP contribution in [0.1, 0.15) is 13.3 Å². The van der Waals surface area contributed by atoms with Crippen LogP contribution in [0.25, 0.3) is 0 Å². The van der Waals surface area contributed by atoms with Gasteiger partial charge in [0.05, 0.1) is 39.9 Å². The van der Waals surface area contributed by atoms with Gasteiger partial charge in [0.25, 0.3) is 5.91 Å². The van der Waals surface area contributed by atoms with E-state index < -0.39 is 34.6 Å². The predicted molar refractivity (Wildman–Crippen MR) is 127 cm³/mol. The lowest BCUT2D eigenvalue weighted by Gasteiger charge is -2.39. The average Bonchev–Trinajstić information content (AvgIpc) is 3.35. The van der Waals surface area contributed by atoms with Crippen molar-refractivity contribution in [2.45, 2.75) is 40.3 Å². The van der Waals surface area contributed by atoms with Crippen LogP contribution in [-0.4, -0.2) is 73.0 Å². The number of aliphatic hydroxyl groups excluding tert-OH is 1. The molecule has 7 nitrogen and oxygen atoms in total. The van der Waals surface area contributed by atoms with Crippen molar-refractivity contribution in [3.05, 3.63) is 41.9 Å². The van der Waals surface area contributed by atoms with Crippen LogP contribution in [0.5, 0.6) is 0 Å². The lowest BCUT2D eigenvalue weighted by molar-refractivity contribution is -0.149. The Bertz CT molecular complexity index is 979. The number of alkyl halides is 1. The van der Waals surface area contributed by atoms with Crippen molar-refractivity contribution in [3.63, 3.8) is 0 Å². The number of thioether (sulfide) groups is 1. The van der Waals surface area contributed by atoms with Crippen molar-refractivity contribution in [1.82, 2.24) is 4.90 Å². The van der Waals surface area contributed by atoms with Gasteiger partial charge in [0.1, 0.15) is 6.04 Å². The highest BCUT2D eigenvalue weighted by Crippen LogP contribution is 2.68. The molecule has 2 amide bonds. The second-order valence-electron chi connectivity index (χ2n) is 8.47. The summed E-state index contributed by atoms with van der Waals surface area (Å²) in [6.07, 6.45) is 2.07. The van der Waals surface area contributed by atoms with Gasteiger partial charge in [0, 0.05) is 16.6 Å². The molecule has 3 fully saturated rings. The summed E-state index contributed by atoms with van der Waals surface area (Å²) in [6, 6.07) is 5.36. The largest absolute Gasteiger partial charge is 0.481 e. The second kappa shape index (κ2) is 8.66. The van der Waals surface area contributed by atoms with E-state index in [0.29, 0.717) is 17.1 Å². The van der Waals surface area contributed by atoms with E-state index in [1.807, 2.05) is 0 Å². The van der Waals surface area contributed by atoms with E-state index in [4.69, 9.17) is 11.6 Å². The molecule has 0 saturated carbocycles. The van der Waals surface area contributed by atoms with E-state index in [-0.39, 0.29) is 35.0 Å². The van der Waals surface area contributed by atoms with Gasteiger partial charge in [0.2, 0.25) is 5.91 Å². The minimum Gasteiger partial charge on any atom is -0.481 e. The Morgan fingerprint density at radius 2 is 2.16 bits per heavy atom. The van der Waals surface area contributed by atoms with Gasteiger partial charge in [-0.15, -0.1) is 18.3 Å². The van der Waals surface area contributed by atoms with Crippen LogP contribution in [0, 0.1) is 11.8 Å². The van der Waals surface area contributed by atoms with Crippen LogP contribution in [0.4, 0.5) is 5.69 Å². The van der Waals surface area contributed by atoms with Gasteiger partial charge in [-0.2, -0.15) is 0 Å². The zero-order valence-corrected chi connectivity index (χ0v) is 20.5. The number of carbonyl (C=O) groups is 3. The Morgan fingerprint density at radius 3 is 2.75 bits per heavy atom. The number of aliphatic hydroxyl groups is 1. The van der Waals surface area contributed by atoms with Gasteiger partial charge < -0.3 is 20.0 Å². The predicted octanol–water partition coefficient (Wildman–Crippen LogP) is 2.79. The Balaban J connectivity index is 1.85. The Kier molecular flexibility index (Phi) is 6.39. The van der Waals surface area contributed by atoms with E-state index in [2.05, 4.69) is 22.5 Å². The first kappa shape index (κ1) is 23.6. The highest BCUT2D eigenvalue weighted by Gasteiger charge is 2.76. The standard InChI is InChI=1S/C22H24BrClN2O5S/c1-3-8-25(14-7-5-4-6-13(14)24)20(29)18-22-9-12(23)17(32-22)15(21(30)31)16(22)19(28)26(18)11(2)10-27/h3-7,11-12,15-18,27H,1,8-10H2,2H3,(H,30,31)/t11-,12?,15-,16+,17-,18?,22?/m1/s1. The van der Waals surface area contributed by atoms with Crippen LogP contribution in [-0.2, 0) is 14.4 Å². The monoisotopic (exact) mass is 542 g/mol. The number of halogens is 2. The highest BCUT2D eigenvalue weighted by molar-refractivity contribution is 9.09. The van der Waals surface area contributed by atoms with Crippen molar-refractivity contribution in [2.75, 3.05) is 18.1 Å². The third-order valence-electron chi connectivity index (χ3n) is 6.71. The number of carboxylic acids is 1. The molecule has 3 heterocycles. The zero-order valence-electron chi connectivity index (χ0n) is 17.4. The Hall–Kier alpha value is -1.55. The maximum absolute atomic E-state index is 14.1. The molecule has 1 aromatic rings. The molecule has 3 aliphatic rings. The normalized spacial score (nSPS) is 33.8. The number of anilines is 1. The number of rotatable bonds is 7. The minimum atomic E-state index is -1.04. The second-order valence-corrected chi connectivity index (χ2v) is 11.6. The maximum atomic E-state index is 14.1. The number of aliphatic carboxylic acids is 1. The summed E-state index contributed by atoms with van der Waals surface area (Å²) in [4.78, 5) is 42.7. The van der Waals surface area contributed by atoms with Gasteiger partial charge in [0.15, 0.2) is 0 Å². The molecular weight excluding hydrogens is 520 g/mol. The van der Waals surface area contributed by atoms with Crippen LogP contribution < -0.4 is 4.90 Å². The number of hydrogen-bond acceptors (Lipinski definition) is 5. The van der Waals surface area contributed by atoms with E-state index in [0.717, 1.165) is 0 Å². The molecule has 3 saturated heterocycles. The molecule has 0 radical (unpaired) electrons. The number of benzene rings is 1. The molecule has 1 spiro atoms. The molecule has 32 heavy (non-hydrogen) atoms. The molecule has 3 aliphatic heterocycles. The van der Waals surface area contributed by atoms with Crippen molar-refractivity contribution in [3.8, 4) is 0 Å². The topological polar surface area (TPSA) is 98.2 Å². The number of likely N-dealkylation sites (tertiary alicyclic amines) is 1. The lowest BCUT2D eigenvalue weighted by Crippen LogP contribution is -2.57. The highest BCUT2D eigenvalue weighted by atomic mass is 79.9. The third kappa shape index (κ3) is 3.31. The fourth-order valence-corrected chi connectivity index (χ4v) is 9.27. The summed E-state index contributed by atoms with van der Waals surface area (Å²) in [6.45, 7) is 5.26. The van der Waals surface area contributed by atoms with Crippen LogP contribution >= 0.6 is 39.3 Å². The third-order valence-corrected chi connectivity index (χ3v) is 10.2. The van der Waals surface area contributed by atoms with Gasteiger partial charge in [-0.25, -0.2) is 0 Å². The molecule has 0 aliphatic carbocycles. The first-order valence-corrected chi connectivity index (χ1v) is 12.5. The summed E-state index contributed by atoms with van der Waals surface area (Å²) in [5.41, 5.74) is 0.491. The maximum Gasteiger partial charge on any atom is 0.308 e. The van der Waals surface area contributed by atoms with E-state index in [1.54, 1.807) is 37.3 Å². The van der Waals surface area contributed by atoms with Gasteiger partial charge in [-0.1, -0.05) is 45.7 Å². The molecule has 1 aromatic carbocycles. The number of amides is 2. The lowest BCUT2D eigenvalue weighted by atomic mass is 9.71. The molecular formula is C22H24BrClN2O5S. The molecule has 2 N–H and O–H groups in total. The molecule has 3 unspecified atom stereocenters. The average molecular weight is 544 g/mol. The van der Waals surface area contributed by atoms with Crippen molar-refractivity contribution in [2.24, 2.45) is 11.8 Å². The fourth-order valence-electron chi connectivity index (χ4n) is 5.45. The summed E-state index contributed by atoms with van der Waals surface area (Å²) in [5, 5.41) is 19.9. The smallest absolute Gasteiger partial charge is 0.308 e. The summed E-state index contributed by atoms with van der Waals surface area (Å²) < 4.78 is -0.903. The number of hydrogen-bond donors (Lipinski definition) is 2. The van der Waals surface area contributed by atoms with Crippen LogP contribution in [0.2, 0.25) is 5.02 Å². The van der Waals surface area contributed by atoms with Gasteiger partial charge in [-0.3, -0.25) is 14.4 Å². The van der Waals surface area contributed by atoms with Crippen molar-refractivity contribution in [1.29, 1.82) is 0 Å². The van der Waals surface area contributed by atoms with Crippen LogP contribution in [0.3, 0.4) is 0 Å². The number of para-hydroxylation sites is 1.